The average Bonchev–Trinajstić information content (AvgIpc) is 2.44. The quantitative estimate of drug-likeness (QED) is 0.917. The number of aryl methyl sites for hydroxylation is 2. The molecule has 0 spiro atoms. The number of halogens is 1. The second-order valence-electron chi connectivity index (χ2n) is 4.45. The number of carbonyl (C=O) groups is 1. The molecule has 6 heteroatoms. The molecule has 2 aromatic rings. The molecule has 0 atom stereocenters. The van der Waals surface area contributed by atoms with Crippen molar-refractivity contribution >= 4 is 27.5 Å². The van der Waals surface area contributed by atoms with Gasteiger partial charge < -0.3 is 10.1 Å². The molecule has 1 aromatic heterocycles. The molecule has 0 bridgehead atoms. The maximum Gasteiger partial charge on any atom is 0.316 e. The Labute approximate surface area is 131 Å². The fourth-order valence-electron chi connectivity index (χ4n) is 1.85. The van der Waals surface area contributed by atoms with Crippen LogP contribution in [0.25, 0.3) is 0 Å². The predicted octanol–water partition coefficient (Wildman–Crippen LogP) is 3.51. The van der Waals surface area contributed by atoms with Crippen LogP contribution in [0.2, 0.25) is 0 Å². The van der Waals surface area contributed by atoms with Crippen molar-refractivity contribution in [1.82, 2.24) is 9.97 Å². The lowest BCUT2D eigenvalue weighted by atomic mass is 10.2. The van der Waals surface area contributed by atoms with Crippen molar-refractivity contribution in [2.45, 2.75) is 20.8 Å². The first-order valence-electron chi connectivity index (χ1n) is 6.56. The standard InChI is InChI=1S/C15H16BrN3O2/c1-4-21-15-17-9(2)13(10(3)18-15)19-14(20)11-5-7-12(16)8-6-11/h5-8H,4H2,1-3H3,(H,19,20). The number of ether oxygens (including phenoxy) is 1. The zero-order chi connectivity index (χ0) is 15.4. The highest BCUT2D eigenvalue weighted by molar-refractivity contribution is 9.10. The number of hydrogen-bond acceptors (Lipinski definition) is 4. The molecule has 0 saturated carbocycles. The van der Waals surface area contributed by atoms with Gasteiger partial charge in [-0.1, -0.05) is 15.9 Å². The monoisotopic (exact) mass is 349 g/mol. The molecule has 1 heterocycles. The molecule has 0 fully saturated rings. The van der Waals surface area contributed by atoms with Gasteiger partial charge in [-0.15, -0.1) is 0 Å². The summed E-state index contributed by atoms with van der Waals surface area (Å²) in [4.78, 5) is 20.7. The summed E-state index contributed by atoms with van der Waals surface area (Å²) in [5.41, 5.74) is 2.55. The Kier molecular flexibility index (Phi) is 4.90. The summed E-state index contributed by atoms with van der Waals surface area (Å²) in [5, 5.41) is 2.85. The van der Waals surface area contributed by atoms with Crippen LogP contribution in [0, 0.1) is 13.8 Å². The third-order valence-corrected chi connectivity index (χ3v) is 3.40. The lowest BCUT2D eigenvalue weighted by Gasteiger charge is -2.12. The molecule has 21 heavy (non-hydrogen) atoms. The fraction of sp³-hybridized carbons (Fsp3) is 0.267. The van der Waals surface area contributed by atoms with E-state index in [0.29, 0.717) is 35.3 Å². The van der Waals surface area contributed by atoms with E-state index in [1.807, 2.05) is 32.9 Å². The van der Waals surface area contributed by atoms with Gasteiger partial charge >= 0.3 is 6.01 Å². The second-order valence-corrected chi connectivity index (χ2v) is 5.36. The Morgan fingerprint density at radius 2 is 1.76 bits per heavy atom. The molecular formula is C15H16BrN3O2. The SMILES string of the molecule is CCOc1nc(C)c(NC(=O)c2ccc(Br)cc2)c(C)n1. The molecule has 0 aliphatic heterocycles. The van der Waals surface area contributed by atoms with Crippen LogP contribution in [0.4, 0.5) is 5.69 Å². The number of amides is 1. The minimum absolute atomic E-state index is 0.193. The van der Waals surface area contributed by atoms with E-state index in [4.69, 9.17) is 4.74 Å². The minimum Gasteiger partial charge on any atom is -0.464 e. The molecule has 0 aliphatic carbocycles. The van der Waals surface area contributed by atoms with Gasteiger partial charge in [-0.05, 0) is 45.0 Å². The van der Waals surface area contributed by atoms with Gasteiger partial charge in [0.25, 0.3) is 5.91 Å². The van der Waals surface area contributed by atoms with Crippen molar-refractivity contribution < 1.29 is 9.53 Å². The maximum atomic E-state index is 12.2. The number of anilines is 1. The van der Waals surface area contributed by atoms with Gasteiger partial charge in [0, 0.05) is 10.0 Å². The zero-order valence-corrected chi connectivity index (χ0v) is 13.7. The van der Waals surface area contributed by atoms with E-state index >= 15 is 0 Å². The Bertz CT molecular complexity index is 633. The molecule has 1 aromatic carbocycles. The highest BCUT2D eigenvalue weighted by atomic mass is 79.9. The van der Waals surface area contributed by atoms with Crippen LogP contribution in [0.1, 0.15) is 28.7 Å². The van der Waals surface area contributed by atoms with Crippen molar-refractivity contribution in [3.05, 3.63) is 45.7 Å². The van der Waals surface area contributed by atoms with Crippen LogP contribution in [0.15, 0.2) is 28.7 Å². The molecular weight excluding hydrogens is 334 g/mol. The zero-order valence-electron chi connectivity index (χ0n) is 12.1. The Hall–Kier alpha value is -1.95. The Morgan fingerprint density at radius 1 is 1.19 bits per heavy atom. The Morgan fingerprint density at radius 3 is 2.29 bits per heavy atom. The number of hydrogen-bond donors (Lipinski definition) is 1. The topological polar surface area (TPSA) is 64.1 Å². The van der Waals surface area contributed by atoms with E-state index in [2.05, 4.69) is 31.2 Å². The van der Waals surface area contributed by atoms with Crippen LogP contribution in [-0.4, -0.2) is 22.5 Å². The van der Waals surface area contributed by atoms with Gasteiger partial charge in [0.2, 0.25) is 0 Å². The largest absolute Gasteiger partial charge is 0.464 e. The summed E-state index contributed by atoms with van der Waals surface area (Å²) >= 11 is 3.34. The summed E-state index contributed by atoms with van der Waals surface area (Å²) in [7, 11) is 0. The van der Waals surface area contributed by atoms with Gasteiger partial charge in [0.05, 0.1) is 23.7 Å². The third-order valence-electron chi connectivity index (χ3n) is 2.87. The van der Waals surface area contributed by atoms with Crippen LogP contribution in [0.5, 0.6) is 6.01 Å². The van der Waals surface area contributed by atoms with E-state index in [1.54, 1.807) is 12.1 Å². The number of rotatable bonds is 4. The van der Waals surface area contributed by atoms with Gasteiger partial charge in [-0.25, -0.2) is 0 Å². The number of carbonyl (C=O) groups excluding carboxylic acids is 1. The summed E-state index contributed by atoms with van der Waals surface area (Å²) in [5.74, 6) is -0.193. The Balaban J connectivity index is 2.23. The van der Waals surface area contributed by atoms with Gasteiger partial charge in [0.1, 0.15) is 0 Å². The summed E-state index contributed by atoms with van der Waals surface area (Å²) in [6.07, 6.45) is 0. The van der Waals surface area contributed by atoms with Gasteiger partial charge in [-0.2, -0.15) is 9.97 Å². The molecule has 0 unspecified atom stereocenters. The molecule has 0 radical (unpaired) electrons. The first kappa shape index (κ1) is 15.4. The number of nitrogens with zero attached hydrogens (tertiary/aromatic N) is 2. The molecule has 0 aliphatic rings. The number of aromatic nitrogens is 2. The molecule has 5 nitrogen and oxygen atoms in total. The first-order chi connectivity index (χ1) is 10.0. The second kappa shape index (κ2) is 6.67. The average molecular weight is 350 g/mol. The fourth-order valence-corrected chi connectivity index (χ4v) is 2.11. The lowest BCUT2D eigenvalue weighted by molar-refractivity contribution is 0.102. The molecule has 1 amide bonds. The van der Waals surface area contributed by atoms with Crippen molar-refractivity contribution in [3.63, 3.8) is 0 Å². The van der Waals surface area contributed by atoms with Crippen LogP contribution in [-0.2, 0) is 0 Å². The van der Waals surface area contributed by atoms with Crippen molar-refractivity contribution in [1.29, 1.82) is 0 Å². The van der Waals surface area contributed by atoms with Crippen molar-refractivity contribution in [2.75, 3.05) is 11.9 Å². The van der Waals surface area contributed by atoms with Crippen LogP contribution < -0.4 is 10.1 Å². The number of benzene rings is 1. The van der Waals surface area contributed by atoms with Gasteiger partial charge in [0.15, 0.2) is 0 Å². The molecule has 110 valence electrons. The molecule has 1 N–H and O–H groups in total. The van der Waals surface area contributed by atoms with E-state index in [9.17, 15) is 4.79 Å². The lowest BCUT2D eigenvalue weighted by Crippen LogP contribution is -2.15. The maximum absolute atomic E-state index is 12.2. The van der Waals surface area contributed by atoms with E-state index < -0.39 is 0 Å². The highest BCUT2D eigenvalue weighted by Crippen LogP contribution is 2.20. The smallest absolute Gasteiger partial charge is 0.316 e. The van der Waals surface area contributed by atoms with E-state index in [1.165, 1.54) is 0 Å². The minimum atomic E-state index is -0.193. The number of nitrogens with one attached hydrogen (secondary N) is 1. The predicted molar refractivity (Wildman–Crippen MR) is 84.8 cm³/mol. The van der Waals surface area contributed by atoms with Gasteiger partial charge in [-0.3, -0.25) is 4.79 Å². The summed E-state index contributed by atoms with van der Waals surface area (Å²) < 4.78 is 6.21. The van der Waals surface area contributed by atoms with Crippen LogP contribution in [0.3, 0.4) is 0 Å². The third kappa shape index (κ3) is 3.78. The van der Waals surface area contributed by atoms with Crippen molar-refractivity contribution in [3.8, 4) is 6.01 Å². The van der Waals surface area contributed by atoms with Crippen LogP contribution >= 0.6 is 15.9 Å². The molecule has 0 saturated heterocycles. The van der Waals surface area contributed by atoms with E-state index in [-0.39, 0.29) is 5.91 Å². The summed E-state index contributed by atoms with van der Waals surface area (Å²) in [6, 6.07) is 7.47. The molecule has 2 rings (SSSR count). The highest BCUT2D eigenvalue weighted by Gasteiger charge is 2.13. The summed E-state index contributed by atoms with van der Waals surface area (Å²) in [6.45, 7) is 6.00. The van der Waals surface area contributed by atoms with E-state index in [0.717, 1.165) is 4.47 Å². The normalized spacial score (nSPS) is 10.3. The first-order valence-corrected chi connectivity index (χ1v) is 7.35. The van der Waals surface area contributed by atoms with Crippen molar-refractivity contribution in [2.24, 2.45) is 0 Å².